The summed E-state index contributed by atoms with van der Waals surface area (Å²) in [5.41, 5.74) is 0.171. The zero-order chi connectivity index (χ0) is 14.0. The molecule has 0 aromatic rings. The fourth-order valence-corrected chi connectivity index (χ4v) is 4.13. The van der Waals surface area contributed by atoms with Crippen LogP contribution < -0.4 is 5.32 Å². The Balaban J connectivity index is 1.55. The summed E-state index contributed by atoms with van der Waals surface area (Å²) >= 11 is 0. The molecule has 20 heavy (non-hydrogen) atoms. The van der Waals surface area contributed by atoms with E-state index >= 15 is 0 Å². The van der Waals surface area contributed by atoms with Gasteiger partial charge in [0.15, 0.2) is 0 Å². The maximum absolute atomic E-state index is 12.3. The average Bonchev–Trinajstić information content (AvgIpc) is 2.84. The van der Waals surface area contributed by atoms with Gasteiger partial charge in [-0.05, 0) is 32.1 Å². The van der Waals surface area contributed by atoms with Gasteiger partial charge in [0, 0.05) is 19.6 Å². The molecular weight excluding hydrogens is 252 g/mol. The molecule has 1 aliphatic carbocycles. The van der Waals surface area contributed by atoms with Gasteiger partial charge < -0.3 is 15.0 Å². The lowest BCUT2D eigenvalue weighted by Crippen LogP contribution is -2.56. The molecule has 2 unspecified atom stereocenters. The van der Waals surface area contributed by atoms with E-state index in [2.05, 4.69) is 12.2 Å². The highest BCUT2D eigenvalue weighted by atomic mass is 16.5. The van der Waals surface area contributed by atoms with Crippen molar-refractivity contribution in [2.24, 2.45) is 0 Å². The number of hydrogen-bond donors (Lipinski definition) is 1. The molecule has 2 heterocycles. The lowest BCUT2D eigenvalue weighted by molar-refractivity contribution is -0.139. The highest BCUT2D eigenvalue weighted by molar-refractivity contribution is 5.82. The van der Waals surface area contributed by atoms with Crippen LogP contribution in [0.5, 0.6) is 0 Å². The number of hydrogen-bond acceptors (Lipinski definition) is 3. The van der Waals surface area contributed by atoms with Crippen LogP contribution in [0.2, 0.25) is 0 Å². The molecular formula is C16H28N2O2. The fourth-order valence-electron chi connectivity index (χ4n) is 4.13. The quantitative estimate of drug-likeness (QED) is 0.860. The second-order valence-electron chi connectivity index (χ2n) is 6.72. The van der Waals surface area contributed by atoms with Crippen molar-refractivity contribution in [2.45, 2.75) is 76.0 Å². The molecule has 1 amide bonds. The molecule has 4 nitrogen and oxygen atoms in total. The molecule has 2 saturated heterocycles. The van der Waals surface area contributed by atoms with Gasteiger partial charge in [-0.3, -0.25) is 4.79 Å². The first-order valence-corrected chi connectivity index (χ1v) is 8.42. The Morgan fingerprint density at radius 1 is 1.30 bits per heavy atom. The molecule has 114 valence electrons. The highest BCUT2D eigenvalue weighted by Crippen LogP contribution is 2.42. The molecule has 3 fully saturated rings. The van der Waals surface area contributed by atoms with Gasteiger partial charge in [-0.1, -0.05) is 26.2 Å². The first-order chi connectivity index (χ1) is 9.72. The predicted molar refractivity (Wildman–Crippen MR) is 78.6 cm³/mol. The molecule has 1 N–H and O–H groups in total. The second-order valence-corrected chi connectivity index (χ2v) is 6.72. The smallest absolute Gasteiger partial charge is 0.239 e. The van der Waals surface area contributed by atoms with Gasteiger partial charge in [-0.15, -0.1) is 0 Å². The van der Waals surface area contributed by atoms with E-state index < -0.39 is 0 Å². The highest BCUT2D eigenvalue weighted by Gasteiger charge is 2.42. The molecule has 0 bridgehead atoms. The van der Waals surface area contributed by atoms with Crippen molar-refractivity contribution in [2.75, 3.05) is 19.6 Å². The number of piperazine rings is 1. The summed E-state index contributed by atoms with van der Waals surface area (Å²) < 4.78 is 6.40. The van der Waals surface area contributed by atoms with Crippen molar-refractivity contribution in [3.8, 4) is 0 Å². The van der Waals surface area contributed by atoms with E-state index in [-0.39, 0.29) is 23.7 Å². The fraction of sp³-hybridized carbons (Fsp3) is 0.938. The van der Waals surface area contributed by atoms with Crippen LogP contribution in [0.25, 0.3) is 0 Å². The van der Waals surface area contributed by atoms with E-state index in [1.807, 2.05) is 4.90 Å². The normalized spacial score (nSPS) is 33.9. The standard InChI is InChI=1S/C16H28N2O2/c1-2-14-15(19)18(11-10-17-14)12-13-6-9-16(20-13)7-4-3-5-8-16/h13-14,17H,2-12H2,1H3. The monoisotopic (exact) mass is 280 g/mol. The summed E-state index contributed by atoms with van der Waals surface area (Å²) in [6.45, 7) is 4.63. The Morgan fingerprint density at radius 2 is 2.10 bits per heavy atom. The summed E-state index contributed by atoms with van der Waals surface area (Å²) in [5.74, 6) is 0.270. The molecule has 3 rings (SSSR count). The first kappa shape index (κ1) is 14.3. The minimum Gasteiger partial charge on any atom is -0.370 e. The Morgan fingerprint density at radius 3 is 2.85 bits per heavy atom. The van der Waals surface area contributed by atoms with Crippen molar-refractivity contribution in [1.82, 2.24) is 10.2 Å². The number of amides is 1. The SMILES string of the molecule is CCC1NCCN(CC2CCC3(CCCCC3)O2)C1=O. The van der Waals surface area contributed by atoms with Gasteiger partial charge in [0.05, 0.1) is 17.7 Å². The maximum Gasteiger partial charge on any atom is 0.239 e. The number of carbonyl (C=O) groups excluding carboxylic acids is 1. The molecule has 0 aromatic heterocycles. The van der Waals surface area contributed by atoms with Crippen LogP contribution in [-0.2, 0) is 9.53 Å². The minimum atomic E-state index is 0.0220. The van der Waals surface area contributed by atoms with E-state index in [4.69, 9.17) is 4.74 Å². The molecule has 0 aromatic carbocycles. The van der Waals surface area contributed by atoms with Crippen LogP contribution in [-0.4, -0.2) is 48.2 Å². The average molecular weight is 280 g/mol. The Hall–Kier alpha value is -0.610. The van der Waals surface area contributed by atoms with E-state index in [0.29, 0.717) is 0 Å². The molecule has 1 saturated carbocycles. The number of nitrogens with zero attached hydrogens (tertiary/aromatic N) is 1. The number of carbonyl (C=O) groups is 1. The summed E-state index contributed by atoms with van der Waals surface area (Å²) in [6, 6.07) is 0.0220. The van der Waals surface area contributed by atoms with Gasteiger partial charge in [-0.2, -0.15) is 0 Å². The summed E-state index contributed by atoms with van der Waals surface area (Å²) in [7, 11) is 0. The van der Waals surface area contributed by atoms with Crippen molar-refractivity contribution in [1.29, 1.82) is 0 Å². The van der Waals surface area contributed by atoms with Gasteiger partial charge >= 0.3 is 0 Å². The number of ether oxygens (including phenoxy) is 1. The van der Waals surface area contributed by atoms with Crippen molar-refractivity contribution < 1.29 is 9.53 Å². The van der Waals surface area contributed by atoms with E-state index in [9.17, 15) is 4.79 Å². The summed E-state index contributed by atoms with van der Waals surface area (Å²) in [4.78, 5) is 14.3. The molecule has 2 atom stereocenters. The van der Waals surface area contributed by atoms with Gasteiger partial charge in [-0.25, -0.2) is 0 Å². The molecule has 0 radical (unpaired) electrons. The van der Waals surface area contributed by atoms with Crippen LogP contribution in [0.3, 0.4) is 0 Å². The predicted octanol–water partition coefficient (Wildman–Crippen LogP) is 2.08. The maximum atomic E-state index is 12.3. The van der Waals surface area contributed by atoms with Crippen molar-refractivity contribution in [3.63, 3.8) is 0 Å². The number of rotatable bonds is 3. The third-order valence-corrected chi connectivity index (χ3v) is 5.32. The Kier molecular flexibility index (Phi) is 4.32. The molecule has 1 spiro atoms. The van der Waals surface area contributed by atoms with Gasteiger partial charge in [0.2, 0.25) is 5.91 Å². The van der Waals surface area contributed by atoms with Gasteiger partial charge in [0.1, 0.15) is 0 Å². The lowest BCUT2D eigenvalue weighted by Gasteiger charge is -2.36. The zero-order valence-corrected chi connectivity index (χ0v) is 12.7. The Labute approximate surface area is 122 Å². The largest absolute Gasteiger partial charge is 0.370 e. The van der Waals surface area contributed by atoms with Crippen LogP contribution in [0.15, 0.2) is 0 Å². The first-order valence-electron chi connectivity index (χ1n) is 8.42. The third-order valence-electron chi connectivity index (χ3n) is 5.32. The third kappa shape index (κ3) is 2.86. The van der Waals surface area contributed by atoms with Crippen LogP contribution in [0.1, 0.15) is 58.3 Å². The van der Waals surface area contributed by atoms with Crippen molar-refractivity contribution >= 4 is 5.91 Å². The molecule has 2 aliphatic heterocycles. The summed E-state index contributed by atoms with van der Waals surface area (Å²) in [6.07, 6.45) is 9.95. The van der Waals surface area contributed by atoms with E-state index in [1.165, 1.54) is 38.5 Å². The van der Waals surface area contributed by atoms with Crippen molar-refractivity contribution in [3.05, 3.63) is 0 Å². The van der Waals surface area contributed by atoms with Crippen LogP contribution in [0, 0.1) is 0 Å². The Bertz CT molecular complexity index is 352. The van der Waals surface area contributed by atoms with Crippen LogP contribution in [0.4, 0.5) is 0 Å². The van der Waals surface area contributed by atoms with Gasteiger partial charge in [0.25, 0.3) is 0 Å². The molecule has 4 heteroatoms. The van der Waals surface area contributed by atoms with Crippen LogP contribution >= 0.6 is 0 Å². The summed E-state index contributed by atoms with van der Waals surface area (Å²) in [5, 5.41) is 3.30. The lowest BCUT2D eigenvalue weighted by atomic mass is 9.83. The second kappa shape index (κ2) is 6.02. The minimum absolute atomic E-state index is 0.0220. The number of nitrogens with one attached hydrogen (secondary N) is 1. The topological polar surface area (TPSA) is 41.6 Å². The van der Waals surface area contributed by atoms with E-state index in [0.717, 1.165) is 32.5 Å². The zero-order valence-electron chi connectivity index (χ0n) is 12.7. The van der Waals surface area contributed by atoms with E-state index in [1.54, 1.807) is 0 Å². The molecule has 3 aliphatic rings.